The lowest BCUT2D eigenvalue weighted by molar-refractivity contribution is -0.119. The van der Waals surface area contributed by atoms with Crippen LogP contribution in [0.2, 0.25) is 0 Å². The quantitative estimate of drug-likeness (QED) is 0.526. The highest BCUT2D eigenvalue weighted by molar-refractivity contribution is 7.89. The van der Waals surface area contributed by atoms with Crippen LogP contribution in [0.15, 0.2) is 64.3 Å². The van der Waals surface area contributed by atoms with Gasteiger partial charge in [0, 0.05) is 29.9 Å². The zero-order valence-electron chi connectivity index (χ0n) is 18.6. The number of hydrogen-bond donors (Lipinski definition) is 2. The molecule has 1 fully saturated rings. The molecule has 2 N–H and O–H groups in total. The second-order valence-electron chi connectivity index (χ2n) is 7.67. The number of ether oxygens (including phenoxy) is 2. The van der Waals surface area contributed by atoms with Crippen molar-refractivity contribution in [3.8, 4) is 22.8 Å². The Morgan fingerprint density at radius 1 is 1.09 bits per heavy atom. The number of H-pyrrole nitrogens is 1. The third-order valence-electron chi connectivity index (χ3n) is 5.57. The highest BCUT2D eigenvalue weighted by Crippen LogP contribution is 2.33. The van der Waals surface area contributed by atoms with Crippen LogP contribution in [-0.4, -0.2) is 55.6 Å². The summed E-state index contributed by atoms with van der Waals surface area (Å²) in [6.07, 6.45) is 0.964. The first kappa shape index (κ1) is 23.5. The molecule has 34 heavy (non-hydrogen) atoms. The van der Waals surface area contributed by atoms with Crippen molar-refractivity contribution in [2.45, 2.75) is 23.8 Å². The topological polar surface area (TPSA) is 131 Å². The molecule has 0 radical (unpaired) electrons. The predicted molar refractivity (Wildman–Crippen MR) is 125 cm³/mol. The van der Waals surface area contributed by atoms with E-state index in [0.717, 1.165) is 0 Å². The molecule has 2 aromatic carbocycles. The van der Waals surface area contributed by atoms with Crippen molar-refractivity contribution in [3.05, 3.63) is 65.0 Å². The third-order valence-corrected chi connectivity index (χ3v) is 7.48. The Balaban J connectivity index is 1.55. The van der Waals surface area contributed by atoms with Crippen LogP contribution in [0.25, 0.3) is 11.3 Å². The van der Waals surface area contributed by atoms with Crippen molar-refractivity contribution < 1.29 is 22.7 Å². The lowest BCUT2D eigenvalue weighted by Gasteiger charge is -2.24. The van der Waals surface area contributed by atoms with Crippen LogP contribution in [0.3, 0.4) is 0 Å². The normalized spacial score (nSPS) is 16.2. The van der Waals surface area contributed by atoms with Crippen LogP contribution in [0.4, 0.5) is 5.69 Å². The molecule has 1 aliphatic rings. The van der Waals surface area contributed by atoms with Gasteiger partial charge in [-0.25, -0.2) is 13.5 Å². The molecule has 0 bridgehead atoms. The summed E-state index contributed by atoms with van der Waals surface area (Å²) >= 11 is 0. The van der Waals surface area contributed by atoms with E-state index < -0.39 is 22.0 Å². The number of nitrogens with one attached hydrogen (secondary N) is 2. The van der Waals surface area contributed by atoms with E-state index in [1.807, 2.05) is 0 Å². The number of sulfonamides is 1. The van der Waals surface area contributed by atoms with Crippen LogP contribution in [0.5, 0.6) is 11.5 Å². The van der Waals surface area contributed by atoms with Crippen LogP contribution >= 0.6 is 0 Å². The van der Waals surface area contributed by atoms with Gasteiger partial charge >= 0.3 is 0 Å². The Hall–Kier alpha value is -3.70. The second-order valence-corrected chi connectivity index (χ2v) is 9.56. The molecule has 11 heteroatoms. The van der Waals surface area contributed by atoms with Crippen LogP contribution in [0, 0.1) is 0 Å². The zero-order valence-corrected chi connectivity index (χ0v) is 19.5. The first-order valence-electron chi connectivity index (χ1n) is 10.5. The number of aromatic amines is 1. The molecule has 4 rings (SSSR count). The summed E-state index contributed by atoms with van der Waals surface area (Å²) in [6, 6.07) is 13.4. The fourth-order valence-corrected chi connectivity index (χ4v) is 5.56. The van der Waals surface area contributed by atoms with Gasteiger partial charge in [-0.1, -0.05) is 12.1 Å². The smallest absolute Gasteiger partial charge is 0.264 e. The van der Waals surface area contributed by atoms with Crippen molar-refractivity contribution in [1.29, 1.82) is 0 Å². The highest BCUT2D eigenvalue weighted by Gasteiger charge is 2.39. The summed E-state index contributed by atoms with van der Waals surface area (Å²) in [7, 11) is -1.05. The molecule has 1 saturated heterocycles. The van der Waals surface area contributed by atoms with Gasteiger partial charge in [0.2, 0.25) is 15.9 Å². The summed E-state index contributed by atoms with van der Waals surface area (Å²) in [5.41, 5.74) is 1.40. The molecule has 0 saturated carbocycles. The SMILES string of the molecule is COc1ccc(S(=O)(=O)N2CCCC2C(=O)Nc2cccc(-c3ccc(=O)[nH]n3)c2)cc1OC. The standard InChI is InChI=1S/C23H24N4O6S/c1-32-20-10-8-17(14-21(20)33-2)34(30,31)27-12-4-7-19(27)23(29)24-16-6-3-5-15(13-16)18-9-11-22(28)26-25-18/h3,5-6,8-11,13-14,19H,4,7,12H2,1-2H3,(H,24,29)(H,26,28). The number of benzene rings is 2. The number of anilines is 1. The largest absolute Gasteiger partial charge is 0.493 e. The number of amides is 1. The van der Waals surface area contributed by atoms with E-state index in [9.17, 15) is 18.0 Å². The Morgan fingerprint density at radius 2 is 1.88 bits per heavy atom. The summed E-state index contributed by atoms with van der Waals surface area (Å²) < 4.78 is 38.3. The van der Waals surface area contributed by atoms with Crippen molar-refractivity contribution in [2.24, 2.45) is 0 Å². The minimum absolute atomic E-state index is 0.0241. The molecule has 1 unspecified atom stereocenters. The fourth-order valence-electron chi connectivity index (χ4n) is 3.89. The van der Waals surface area contributed by atoms with Gasteiger partial charge in [0.1, 0.15) is 6.04 Å². The van der Waals surface area contributed by atoms with Gasteiger partial charge in [-0.15, -0.1) is 0 Å². The molecular weight excluding hydrogens is 460 g/mol. The molecule has 178 valence electrons. The average Bonchev–Trinajstić information content (AvgIpc) is 3.35. The van der Waals surface area contributed by atoms with E-state index in [0.29, 0.717) is 35.5 Å². The zero-order chi connectivity index (χ0) is 24.3. The number of carbonyl (C=O) groups excluding carboxylic acids is 1. The van der Waals surface area contributed by atoms with E-state index in [1.54, 1.807) is 30.3 Å². The lowest BCUT2D eigenvalue weighted by atomic mass is 10.1. The average molecular weight is 485 g/mol. The van der Waals surface area contributed by atoms with Gasteiger partial charge in [-0.3, -0.25) is 9.59 Å². The first-order chi connectivity index (χ1) is 16.3. The molecule has 10 nitrogen and oxygen atoms in total. The molecule has 2 heterocycles. The minimum Gasteiger partial charge on any atom is -0.493 e. The molecule has 1 amide bonds. The number of nitrogens with zero attached hydrogens (tertiary/aromatic N) is 2. The predicted octanol–water partition coefficient (Wildman–Crippen LogP) is 2.25. The number of aromatic nitrogens is 2. The maximum atomic E-state index is 13.3. The van der Waals surface area contributed by atoms with Gasteiger partial charge < -0.3 is 14.8 Å². The summed E-state index contributed by atoms with van der Waals surface area (Å²) in [6.45, 7) is 0.232. The van der Waals surface area contributed by atoms with E-state index >= 15 is 0 Å². The lowest BCUT2D eigenvalue weighted by Crippen LogP contribution is -2.43. The summed E-state index contributed by atoms with van der Waals surface area (Å²) in [5, 5.41) is 9.18. The molecule has 1 atom stereocenters. The third kappa shape index (κ3) is 4.66. The van der Waals surface area contributed by atoms with E-state index in [-0.39, 0.29) is 22.7 Å². The number of carbonyl (C=O) groups is 1. The Morgan fingerprint density at radius 3 is 2.59 bits per heavy atom. The molecule has 0 aliphatic carbocycles. The Bertz CT molecular complexity index is 1350. The van der Waals surface area contributed by atoms with Crippen molar-refractivity contribution >= 4 is 21.6 Å². The number of methoxy groups -OCH3 is 2. The number of hydrogen-bond acceptors (Lipinski definition) is 7. The van der Waals surface area contributed by atoms with Crippen LogP contribution in [-0.2, 0) is 14.8 Å². The maximum Gasteiger partial charge on any atom is 0.264 e. The van der Waals surface area contributed by atoms with Crippen molar-refractivity contribution in [2.75, 3.05) is 26.1 Å². The first-order valence-corrected chi connectivity index (χ1v) is 12.0. The monoisotopic (exact) mass is 484 g/mol. The summed E-state index contributed by atoms with van der Waals surface area (Å²) in [4.78, 5) is 24.4. The maximum absolute atomic E-state index is 13.3. The molecule has 1 aromatic heterocycles. The van der Waals surface area contributed by atoms with E-state index in [4.69, 9.17) is 9.47 Å². The van der Waals surface area contributed by atoms with Gasteiger partial charge in [-0.05, 0) is 43.2 Å². The van der Waals surface area contributed by atoms with Gasteiger partial charge in [-0.2, -0.15) is 9.40 Å². The Labute approximate surface area is 196 Å². The molecular formula is C23H24N4O6S. The highest BCUT2D eigenvalue weighted by atomic mass is 32.2. The van der Waals surface area contributed by atoms with Gasteiger partial charge in [0.05, 0.1) is 24.8 Å². The van der Waals surface area contributed by atoms with Crippen molar-refractivity contribution in [1.82, 2.24) is 14.5 Å². The van der Waals surface area contributed by atoms with Crippen molar-refractivity contribution in [3.63, 3.8) is 0 Å². The molecule has 1 aliphatic heterocycles. The molecule has 3 aromatic rings. The van der Waals surface area contributed by atoms with Gasteiger partial charge in [0.15, 0.2) is 11.5 Å². The van der Waals surface area contributed by atoms with Crippen LogP contribution < -0.4 is 20.3 Å². The van der Waals surface area contributed by atoms with E-state index in [1.165, 1.54) is 42.8 Å². The summed E-state index contributed by atoms with van der Waals surface area (Å²) in [5.74, 6) is 0.276. The van der Waals surface area contributed by atoms with E-state index in [2.05, 4.69) is 15.5 Å². The fraction of sp³-hybridized carbons (Fsp3) is 0.261. The number of rotatable bonds is 7. The molecule has 0 spiro atoms. The van der Waals surface area contributed by atoms with Gasteiger partial charge in [0.25, 0.3) is 5.56 Å². The Kier molecular flexibility index (Phi) is 6.66. The van der Waals surface area contributed by atoms with Crippen LogP contribution in [0.1, 0.15) is 12.8 Å². The minimum atomic E-state index is -3.94. The second kappa shape index (κ2) is 9.65.